The Morgan fingerprint density at radius 1 is 1.33 bits per heavy atom. The van der Waals surface area contributed by atoms with Crippen LogP contribution in [0.1, 0.15) is 30.7 Å². The van der Waals surface area contributed by atoms with Crippen molar-refractivity contribution in [3.63, 3.8) is 0 Å². The van der Waals surface area contributed by atoms with Gasteiger partial charge in [-0.1, -0.05) is 18.2 Å². The number of rotatable bonds is 3. The average molecular weight is 245 g/mol. The first kappa shape index (κ1) is 12.7. The van der Waals surface area contributed by atoms with Crippen molar-refractivity contribution in [1.82, 2.24) is 4.90 Å². The molecule has 3 heteroatoms. The number of likely N-dealkylation sites (tertiary alicyclic amines) is 1. The summed E-state index contributed by atoms with van der Waals surface area (Å²) in [6, 6.07) is 7.40. The Bertz CT molecular complexity index is 417. The summed E-state index contributed by atoms with van der Waals surface area (Å²) in [6.45, 7) is 5.23. The van der Waals surface area contributed by atoms with E-state index in [0.717, 1.165) is 25.9 Å². The highest BCUT2D eigenvalue weighted by molar-refractivity contribution is 5.77. The second kappa shape index (κ2) is 5.71. The molecule has 1 aliphatic rings. The van der Waals surface area contributed by atoms with E-state index in [9.17, 15) is 9.90 Å². The fourth-order valence-electron chi connectivity index (χ4n) is 2.46. The van der Waals surface area contributed by atoms with E-state index in [4.69, 9.17) is 0 Å². The highest BCUT2D eigenvalue weighted by Gasteiger charge is 2.22. The lowest BCUT2D eigenvalue weighted by Gasteiger charge is -2.32. The molecule has 1 heterocycles. The molecule has 18 heavy (non-hydrogen) atoms. The number of nitrogens with zero attached hydrogens (tertiary/aromatic N) is 1. The largest absolute Gasteiger partial charge is 0.508 e. The van der Waals surface area contributed by atoms with Crippen molar-refractivity contribution in [2.75, 3.05) is 13.1 Å². The fourth-order valence-corrected chi connectivity index (χ4v) is 2.46. The van der Waals surface area contributed by atoms with Crippen LogP contribution in [-0.4, -0.2) is 29.0 Å². The van der Waals surface area contributed by atoms with Gasteiger partial charge in [-0.25, -0.2) is 0 Å². The molecular formula is C15H19NO2. The van der Waals surface area contributed by atoms with E-state index in [-0.39, 0.29) is 5.91 Å². The van der Waals surface area contributed by atoms with Crippen molar-refractivity contribution in [3.05, 3.63) is 42.5 Å². The third-order valence-electron chi connectivity index (χ3n) is 3.53. The summed E-state index contributed by atoms with van der Waals surface area (Å²) in [5.41, 5.74) is 1.25. The maximum absolute atomic E-state index is 11.7. The van der Waals surface area contributed by atoms with Gasteiger partial charge in [0.2, 0.25) is 5.91 Å². The number of piperidine rings is 1. The lowest BCUT2D eigenvalue weighted by atomic mass is 9.89. The van der Waals surface area contributed by atoms with E-state index in [1.165, 1.54) is 5.56 Å². The van der Waals surface area contributed by atoms with Crippen LogP contribution in [0.25, 0.3) is 0 Å². The number of aromatic hydroxyl groups is 1. The summed E-state index contributed by atoms with van der Waals surface area (Å²) in [4.78, 5) is 13.6. The van der Waals surface area contributed by atoms with Crippen molar-refractivity contribution >= 4 is 5.91 Å². The van der Waals surface area contributed by atoms with Crippen LogP contribution < -0.4 is 0 Å². The molecule has 0 spiro atoms. The molecule has 1 amide bonds. The number of phenolic OH excluding ortho intramolecular Hbond substituents is 1. The normalized spacial score (nSPS) is 16.6. The Labute approximate surface area is 108 Å². The molecule has 0 aliphatic carbocycles. The van der Waals surface area contributed by atoms with Gasteiger partial charge in [-0.2, -0.15) is 0 Å². The molecule has 0 unspecified atom stereocenters. The van der Waals surface area contributed by atoms with Gasteiger partial charge in [-0.15, -0.1) is 6.58 Å². The molecule has 0 atom stereocenters. The van der Waals surface area contributed by atoms with Gasteiger partial charge < -0.3 is 10.0 Å². The molecule has 0 aromatic heterocycles. The number of benzene rings is 1. The van der Waals surface area contributed by atoms with Gasteiger partial charge in [-0.05, 0) is 36.5 Å². The first-order valence-corrected chi connectivity index (χ1v) is 6.38. The highest BCUT2D eigenvalue weighted by atomic mass is 16.3. The Morgan fingerprint density at radius 3 is 2.50 bits per heavy atom. The van der Waals surface area contributed by atoms with Crippen LogP contribution in [0, 0.1) is 0 Å². The molecule has 2 rings (SSSR count). The van der Waals surface area contributed by atoms with Gasteiger partial charge in [0, 0.05) is 19.5 Å². The molecule has 1 N–H and O–H groups in total. The van der Waals surface area contributed by atoms with E-state index >= 15 is 0 Å². The maximum Gasteiger partial charge on any atom is 0.226 e. The van der Waals surface area contributed by atoms with Gasteiger partial charge in [-0.3, -0.25) is 4.79 Å². The molecule has 1 aromatic carbocycles. The molecule has 96 valence electrons. The van der Waals surface area contributed by atoms with Gasteiger partial charge in [0.05, 0.1) is 0 Å². The second-order valence-electron chi connectivity index (χ2n) is 4.74. The van der Waals surface area contributed by atoms with Crippen molar-refractivity contribution < 1.29 is 9.90 Å². The highest BCUT2D eigenvalue weighted by Crippen LogP contribution is 2.29. The van der Waals surface area contributed by atoms with E-state index in [1.807, 2.05) is 17.0 Å². The number of hydrogen-bond donors (Lipinski definition) is 1. The predicted molar refractivity (Wildman–Crippen MR) is 71.5 cm³/mol. The van der Waals surface area contributed by atoms with E-state index < -0.39 is 0 Å². The molecular weight excluding hydrogens is 226 g/mol. The third-order valence-corrected chi connectivity index (χ3v) is 3.53. The van der Waals surface area contributed by atoms with Crippen molar-refractivity contribution in [1.29, 1.82) is 0 Å². The zero-order chi connectivity index (χ0) is 13.0. The van der Waals surface area contributed by atoms with Crippen LogP contribution in [0.4, 0.5) is 0 Å². The van der Waals surface area contributed by atoms with Crippen LogP contribution in [0.3, 0.4) is 0 Å². The quantitative estimate of drug-likeness (QED) is 0.832. The number of phenols is 1. The Morgan fingerprint density at radius 2 is 1.94 bits per heavy atom. The summed E-state index contributed by atoms with van der Waals surface area (Å²) < 4.78 is 0. The third kappa shape index (κ3) is 2.92. The number of carbonyl (C=O) groups is 1. The Kier molecular flexibility index (Phi) is 4.03. The van der Waals surface area contributed by atoms with Crippen molar-refractivity contribution in [2.24, 2.45) is 0 Å². The van der Waals surface area contributed by atoms with Crippen LogP contribution in [0.5, 0.6) is 5.75 Å². The van der Waals surface area contributed by atoms with Crippen LogP contribution in [-0.2, 0) is 4.79 Å². The summed E-state index contributed by atoms with van der Waals surface area (Å²) in [5.74, 6) is 0.977. The first-order chi connectivity index (χ1) is 8.70. The second-order valence-corrected chi connectivity index (χ2v) is 4.74. The molecule has 0 bridgehead atoms. The van der Waals surface area contributed by atoms with E-state index in [1.54, 1.807) is 18.2 Å². The summed E-state index contributed by atoms with van der Waals surface area (Å²) in [5, 5.41) is 9.27. The summed E-state index contributed by atoms with van der Waals surface area (Å²) in [6.07, 6.45) is 4.08. The molecule has 0 saturated carbocycles. The zero-order valence-electron chi connectivity index (χ0n) is 10.5. The van der Waals surface area contributed by atoms with E-state index in [0.29, 0.717) is 18.1 Å². The lowest BCUT2D eigenvalue weighted by Crippen LogP contribution is -2.37. The standard InChI is InChI=1S/C15H19NO2/c1-2-3-15(18)16-10-8-13(9-11-16)12-4-6-14(17)7-5-12/h2,4-7,13,17H,1,3,8-11H2. The van der Waals surface area contributed by atoms with Gasteiger partial charge in [0.1, 0.15) is 5.75 Å². The van der Waals surface area contributed by atoms with E-state index in [2.05, 4.69) is 6.58 Å². The molecule has 1 saturated heterocycles. The number of hydrogen-bond acceptors (Lipinski definition) is 2. The number of amides is 1. The maximum atomic E-state index is 11.7. The molecule has 1 fully saturated rings. The fraction of sp³-hybridized carbons (Fsp3) is 0.400. The minimum atomic E-state index is 0.175. The van der Waals surface area contributed by atoms with Crippen molar-refractivity contribution in [2.45, 2.75) is 25.2 Å². The first-order valence-electron chi connectivity index (χ1n) is 6.38. The molecule has 0 radical (unpaired) electrons. The minimum Gasteiger partial charge on any atom is -0.508 e. The lowest BCUT2D eigenvalue weighted by molar-refractivity contribution is -0.131. The Hall–Kier alpha value is -1.77. The monoisotopic (exact) mass is 245 g/mol. The van der Waals surface area contributed by atoms with Crippen LogP contribution in [0.15, 0.2) is 36.9 Å². The average Bonchev–Trinajstić information content (AvgIpc) is 2.40. The van der Waals surface area contributed by atoms with Gasteiger partial charge in [0.25, 0.3) is 0 Å². The van der Waals surface area contributed by atoms with Gasteiger partial charge >= 0.3 is 0 Å². The Balaban J connectivity index is 1.92. The van der Waals surface area contributed by atoms with Crippen molar-refractivity contribution in [3.8, 4) is 5.75 Å². The smallest absolute Gasteiger partial charge is 0.226 e. The SMILES string of the molecule is C=CCC(=O)N1CCC(c2ccc(O)cc2)CC1. The summed E-state index contributed by atoms with van der Waals surface area (Å²) in [7, 11) is 0. The minimum absolute atomic E-state index is 0.175. The summed E-state index contributed by atoms with van der Waals surface area (Å²) >= 11 is 0. The van der Waals surface area contributed by atoms with Gasteiger partial charge in [0.15, 0.2) is 0 Å². The number of carbonyl (C=O) groups excluding carboxylic acids is 1. The predicted octanol–water partition coefficient (Wildman–Crippen LogP) is 2.67. The van der Waals surface area contributed by atoms with Crippen LogP contribution >= 0.6 is 0 Å². The van der Waals surface area contributed by atoms with Crippen LogP contribution in [0.2, 0.25) is 0 Å². The molecule has 1 aromatic rings. The zero-order valence-corrected chi connectivity index (χ0v) is 10.5. The topological polar surface area (TPSA) is 40.5 Å². The molecule has 3 nitrogen and oxygen atoms in total. The molecule has 1 aliphatic heterocycles.